The first-order valence-corrected chi connectivity index (χ1v) is 4.87. The van der Waals surface area contributed by atoms with Crippen LogP contribution in [0.4, 0.5) is 0 Å². The highest BCUT2D eigenvalue weighted by molar-refractivity contribution is 4.68. The lowest BCUT2D eigenvalue weighted by Gasteiger charge is -2.28. The Labute approximate surface area is 79.0 Å². The molecule has 1 rings (SSSR count). The Bertz CT molecular complexity index is 137. The molecule has 0 radical (unpaired) electrons. The van der Waals surface area contributed by atoms with Crippen molar-refractivity contribution in [1.82, 2.24) is 0 Å². The standard InChI is InChI=1S/C9H19NO3/c1-7(8(10)6-11)13-9-4-2-3-5-12-9/h7-9,11H,2-6,10H2,1H3/t7-,8-,9?/m1/s1. The van der Waals surface area contributed by atoms with Gasteiger partial charge in [0.05, 0.1) is 18.8 Å². The quantitative estimate of drug-likeness (QED) is 0.665. The first-order valence-electron chi connectivity index (χ1n) is 4.87. The van der Waals surface area contributed by atoms with E-state index in [1.165, 1.54) is 0 Å². The molecule has 13 heavy (non-hydrogen) atoms. The number of hydrogen-bond acceptors (Lipinski definition) is 4. The van der Waals surface area contributed by atoms with Crippen LogP contribution in [0.1, 0.15) is 26.2 Å². The van der Waals surface area contributed by atoms with Gasteiger partial charge in [-0.2, -0.15) is 0 Å². The smallest absolute Gasteiger partial charge is 0.158 e. The van der Waals surface area contributed by atoms with E-state index in [4.69, 9.17) is 20.3 Å². The molecule has 0 spiro atoms. The van der Waals surface area contributed by atoms with Crippen LogP contribution in [0.15, 0.2) is 0 Å². The highest BCUT2D eigenvalue weighted by Crippen LogP contribution is 2.15. The highest BCUT2D eigenvalue weighted by Gasteiger charge is 2.20. The van der Waals surface area contributed by atoms with Gasteiger partial charge < -0.3 is 20.3 Å². The number of nitrogens with two attached hydrogens (primary N) is 1. The average molecular weight is 189 g/mol. The molecular formula is C9H19NO3. The van der Waals surface area contributed by atoms with Gasteiger partial charge in [0.2, 0.25) is 0 Å². The summed E-state index contributed by atoms with van der Waals surface area (Å²) in [5.74, 6) is 0. The van der Waals surface area contributed by atoms with Crippen molar-refractivity contribution in [2.75, 3.05) is 13.2 Å². The van der Waals surface area contributed by atoms with Crippen LogP contribution in [0.25, 0.3) is 0 Å². The zero-order valence-corrected chi connectivity index (χ0v) is 8.11. The van der Waals surface area contributed by atoms with E-state index in [1.54, 1.807) is 0 Å². The molecule has 1 unspecified atom stereocenters. The number of rotatable bonds is 4. The summed E-state index contributed by atoms with van der Waals surface area (Å²) in [4.78, 5) is 0. The van der Waals surface area contributed by atoms with Crippen molar-refractivity contribution in [3.63, 3.8) is 0 Å². The Kier molecular flexibility index (Phi) is 4.66. The molecule has 1 aliphatic heterocycles. The predicted molar refractivity (Wildman–Crippen MR) is 49.2 cm³/mol. The third kappa shape index (κ3) is 3.60. The molecule has 1 saturated heterocycles. The van der Waals surface area contributed by atoms with Gasteiger partial charge in [0.1, 0.15) is 0 Å². The summed E-state index contributed by atoms with van der Waals surface area (Å²) in [5.41, 5.74) is 5.60. The zero-order valence-electron chi connectivity index (χ0n) is 8.11. The first-order chi connectivity index (χ1) is 6.24. The molecule has 1 aliphatic rings. The number of ether oxygens (including phenoxy) is 2. The molecule has 0 aromatic heterocycles. The van der Waals surface area contributed by atoms with Crippen molar-refractivity contribution in [2.45, 2.75) is 44.6 Å². The second-order valence-electron chi connectivity index (χ2n) is 3.48. The van der Waals surface area contributed by atoms with Gasteiger partial charge in [-0.25, -0.2) is 0 Å². The summed E-state index contributed by atoms with van der Waals surface area (Å²) >= 11 is 0. The van der Waals surface area contributed by atoms with Crippen LogP contribution >= 0.6 is 0 Å². The summed E-state index contributed by atoms with van der Waals surface area (Å²) in [7, 11) is 0. The van der Waals surface area contributed by atoms with Gasteiger partial charge in [-0.15, -0.1) is 0 Å². The third-order valence-corrected chi connectivity index (χ3v) is 2.32. The van der Waals surface area contributed by atoms with Gasteiger partial charge in [0.15, 0.2) is 6.29 Å². The fourth-order valence-electron chi connectivity index (χ4n) is 1.31. The van der Waals surface area contributed by atoms with Crippen LogP contribution < -0.4 is 5.73 Å². The van der Waals surface area contributed by atoms with Crippen molar-refractivity contribution in [3.8, 4) is 0 Å². The molecule has 0 saturated carbocycles. The maximum atomic E-state index is 8.79. The van der Waals surface area contributed by atoms with Gasteiger partial charge in [-0.3, -0.25) is 0 Å². The minimum Gasteiger partial charge on any atom is -0.395 e. The second-order valence-corrected chi connectivity index (χ2v) is 3.48. The van der Waals surface area contributed by atoms with Crippen molar-refractivity contribution >= 4 is 0 Å². The van der Waals surface area contributed by atoms with E-state index in [9.17, 15) is 0 Å². The van der Waals surface area contributed by atoms with E-state index in [1.807, 2.05) is 6.92 Å². The van der Waals surface area contributed by atoms with Gasteiger partial charge >= 0.3 is 0 Å². The highest BCUT2D eigenvalue weighted by atomic mass is 16.7. The Hall–Kier alpha value is -0.160. The summed E-state index contributed by atoms with van der Waals surface area (Å²) in [6.45, 7) is 2.58. The molecular weight excluding hydrogens is 170 g/mol. The van der Waals surface area contributed by atoms with E-state index in [0.29, 0.717) is 0 Å². The Balaban J connectivity index is 2.21. The molecule has 0 aromatic rings. The summed E-state index contributed by atoms with van der Waals surface area (Å²) in [6, 6.07) is -0.314. The minimum absolute atomic E-state index is 0.0477. The van der Waals surface area contributed by atoms with Gasteiger partial charge in [0, 0.05) is 6.61 Å². The average Bonchev–Trinajstić information content (AvgIpc) is 2.18. The zero-order chi connectivity index (χ0) is 9.68. The minimum atomic E-state index is -0.314. The van der Waals surface area contributed by atoms with Gasteiger partial charge in [-0.1, -0.05) is 0 Å². The molecule has 4 heteroatoms. The lowest BCUT2D eigenvalue weighted by atomic mass is 10.2. The SMILES string of the molecule is C[C@@H](OC1CCCCO1)[C@H](N)CO. The van der Waals surface area contributed by atoms with Gasteiger partial charge in [0.25, 0.3) is 0 Å². The van der Waals surface area contributed by atoms with Crippen LogP contribution in [-0.4, -0.2) is 36.8 Å². The van der Waals surface area contributed by atoms with E-state index < -0.39 is 0 Å². The lowest BCUT2D eigenvalue weighted by molar-refractivity contribution is -0.189. The predicted octanol–water partition coefficient (Wildman–Crippen LogP) is 0.238. The summed E-state index contributed by atoms with van der Waals surface area (Å²) < 4.78 is 10.9. The Morgan fingerprint density at radius 1 is 1.62 bits per heavy atom. The van der Waals surface area contributed by atoms with E-state index >= 15 is 0 Å². The summed E-state index contributed by atoms with van der Waals surface area (Å²) in [5, 5.41) is 8.79. The topological polar surface area (TPSA) is 64.7 Å². The molecule has 1 fully saturated rings. The van der Waals surface area contributed by atoms with Crippen LogP contribution in [0.5, 0.6) is 0 Å². The fraction of sp³-hybridized carbons (Fsp3) is 1.00. The molecule has 0 aromatic carbocycles. The molecule has 4 nitrogen and oxygen atoms in total. The largest absolute Gasteiger partial charge is 0.395 e. The van der Waals surface area contributed by atoms with Gasteiger partial charge in [-0.05, 0) is 26.2 Å². The van der Waals surface area contributed by atoms with Crippen molar-refractivity contribution < 1.29 is 14.6 Å². The number of aliphatic hydroxyl groups excluding tert-OH is 1. The molecule has 3 atom stereocenters. The van der Waals surface area contributed by atoms with E-state index in [0.717, 1.165) is 25.9 Å². The van der Waals surface area contributed by atoms with Crippen LogP contribution in [-0.2, 0) is 9.47 Å². The van der Waals surface area contributed by atoms with Crippen LogP contribution in [0, 0.1) is 0 Å². The molecule has 0 amide bonds. The molecule has 3 N–H and O–H groups in total. The molecule has 0 aliphatic carbocycles. The van der Waals surface area contributed by atoms with Crippen molar-refractivity contribution in [3.05, 3.63) is 0 Å². The number of aliphatic hydroxyl groups is 1. The Morgan fingerprint density at radius 2 is 2.38 bits per heavy atom. The normalized spacial score (nSPS) is 28.4. The molecule has 0 bridgehead atoms. The lowest BCUT2D eigenvalue weighted by Crippen LogP contribution is -2.41. The van der Waals surface area contributed by atoms with E-state index in [-0.39, 0.29) is 25.0 Å². The summed E-state index contributed by atoms with van der Waals surface area (Å²) in [6.07, 6.45) is 2.92. The number of hydrogen-bond donors (Lipinski definition) is 2. The molecule has 1 heterocycles. The van der Waals surface area contributed by atoms with Crippen molar-refractivity contribution in [2.24, 2.45) is 5.73 Å². The fourth-order valence-corrected chi connectivity index (χ4v) is 1.31. The monoisotopic (exact) mass is 189 g/mol. The maximum absolute atomic E-state index is 8.79. The maximum Gasteiger partial charge on any atom is 0.158 e. The Morgan fingerprint density at radius 3 is 2.92 bits per heavy atom. The van der Waals surface area contributed by atoms with E-state index in [2.05, 4.69) is 0 Å². The molecule has 78 valence electrons. The van der Waals surface area contributed by atoms with Crippen LogP contribution in [0.3, 0.4) is 0 Å². The second kappa shape index (κ2) is 5.54. The first kappa shape index (κ1) is 10.9. The third-order valence-electron chi connectivity index (χ3n) is 2.32. The van der Waals surface area contributed by atoms with Crippen LogP contribution in [0.2, 0.25) is 0 Å². The van der Waals surface area contributed by atoms with Crippen molar-refractivity contribution in [1.29, 1.82) is 0 Å².